The van der Waals surface area contributed by atoms with E-state index in [2.05, 4.69) is 15.5 Å². The average molecular weight is 479 g/mol. The van der Waals surface area contributed by atoms with Crippen LogP contribution in [0, 0.1) is 12.8 Å². The highest BCUT2D eigenvalue weighted by Crippen LogP contribution is 2.36. The summed E-state index contributed by atoms with van der Waals surface area (Å²) in [6, 6.07) is 3.11. The Morgan fingerprint density at radius 3 is 2.73 bits per heavy atom. The average Bonchev–Trinajstić information content (AvgIpc) is 3.31. The third kappa shape index (κ3) is 5.33. The summed E-state index contributed by atoms with van der Waals surface area (Å²) < 4.78 is 33.9. The first-order valence-electron chi connectivity index (χ1n) is 11.9. The fraction of sp³-hybridized carbons (Fsp3) is 0.652. The number of hydrogen-bond acceptors (Lipinski definition) is 6. The number of hydrogen-bond donors (Lipinski definition) is 2. The van der Waals surface area contributed by atoms with Gasteiger partial charge in [0.2, 0.25) is 15.9 Å². The van der Waals surface area contributed by atoms with Gasteiger partial charge in [-0.2, -0.15) is 4.31 Å². The van der Waals surface area contributed by atoms with Gasteiger partial charge < -0.3 is 20.3 Å². The van der Waals surface area contributed by atoms with Gasteiger partial charge in [0, 0.05) is 25.7 Å². The number of likely N-dealkylation sites (tertiary alicyclic amines) is 1. The highest BCUT2D eigenvalue weighted by Gasteiger charge is 2.35. The largest absolute Gasteiger partial charge is 0.479 e. The van der Waals surface area contributed by atoms with Crippen molar-refractivity contribution in [3.8, 4) is 5.75 Å². The number of carbonyl (C=O) groups excluding carboxylic acids is 2. The molecule has 0 spiro atoms. The molecule has 2 fully saturated rings. The molecule has 0 unspecified atom stereocenters. The molecule has 2 atom stereocenters. The molecular formula is C23H34N4O5S. The summed E-state index contributed by atoms with van der Waals surface area (Å²) in [5.41, 5.74) is 1.00. The molecule has 33 heavy (non-hydrogen) atoms. The zero-order chi connectivity index (χ0) is 23.6. The minimum absolute atomic E-state index is 0.0710. The number of sulfonamides is 1. The van der Waals surface area contributed by atoms with E-state index in [1.54, 1.807) is 19.9 Å². The van der Waals surface area contributed by atoms with Crippen molar-refractivity contribution in [2.24, 2.45) is 5.92 Å². The molecule has 3 aliphatic rings. The molecule has 2 N–H and O–H groups in total. The molecule has 2 saturated heterocycles. The molecule has 4 rings (SSSR count). The van der Waals surface area contributed by atoms with Gasteiger partial charge in [0.15, 0.2) is 6.10 Å². The summed E-state index contributed by atoms with van der Waals surface area (Å²) in [5.74, 6) is -0.342. The van der Waals surface area contributed by atoms with Crippen molar-refractivity contribution in [3.63, 3.8) is 0 Å². The summed E-state index contributed by atoms with van der Waals surface area (Å²) in [6.07, 6.45) is 4.04. The number of aryl methyl sites for hydroxylation is 1. The zero-order valence-corrected chi connectivity index (χ0v) is 20.2. The van der Waals surface area contributed by atoms with Crippen molar-refractivity contribution < 1.29 is 22.7 Å². The summed E-state index contributed by atoms with van der Waals surface area (Å²) in [7, 11) is -3.81. The Bertz CT molecular complexity index is 1010. The van der Waals surface area contributed by atoms with E-state index in [0.29, 0.717) is 42.9 Å². The Balaban J connectivity index is 1.39. The normalized spacial score (nSPS) is 24.1. The Morgan fingerprint density at radius 1 is 1.21 bits per heavy atom. The fourth-order valence-electron chi connectivity index (χ4n) is 4.80. The minimum atomic E-state index is -3.81. The van der Waals surface area contributed by atoms with E-state index in [1.807, 2.05) is 0 Å². The van der Waals surface area contributed by atoms with Crippen molar-refractivity contribution >= 4 is 27.5 Å². The molecule has 10 heteroatoms. The SMILES string of the molecule is Cc1cc2c(cc1S(=O)(=O)N1CCC[C@@H](C(=O)NCCCN3CCCC3)C1)O[C@@H](C)C(=O)N2. The molecule has 3 heterocycles. The molecule has 0 radical (unpaired) electrons. The summed E-state index contributed by atoms with van der Waals surface area (Å²) >= 11 is 0. The van der Waals surface area contributed by atoms with E-state index in [0.717, 1.165) is 26.1 Å². The molecule has 1 aromatic rings. The van der Waals surface area contributed by atoms with Gasteiger partial charge in [-0.05, 0) is 77.2 Å². The lowest BCUT2D eigenvalue weighted by Crippen LogP contribution is -2.45. The standard InChI is InChI=1S/C23H34N4O5S/c1-16-13-19-20(32-17(2)22(28)25-19)14-21(16)33(30,31)27-12-5-7-18(15-27)23(29)24-8-6-11-26-9-3-4-10-26/h13-14,17-18H,3-12,15H2,1-2H3,(H,24,29)(H,25,28)/t17-,18+/m0/s1. The smallest absolute Gasteiger partial charge is 0.265 e. The van der Waals surface area contributed by atoms with Gasteiger partial charge in [-0.25, -0.2) is 8.42 Å². The molecule has 182 valence electrons. The van der Waals surface area contributed by atoms with Crippen LogP contribution >= 0.6 is 0 Å². The van der Waals surface area contributed by atoms with Crippen LogP contribution in [0.25, 0.3) is 0 Å². The van der Waals surface area contributed by atoms with Gasteiger partial charge in [-0.3, -0.25) is 9.59 Å². The lowest BCUT2D eigenvalue weighted by molar-refractivity contribution is -0.126. The molecule has 0 bridgehead atoms. The van der Waals surface area contributed by atoms with Crippen LogP contribution in [0.3, 0.4) is 0 Å². The number of nitrogens with zero attached hydrogens (tertiary/aromatic N) is 2. The second-order valence-corrected chi connectivity index (χ2v) is 11.2. The van der Waals surface area contributed by atoms with Crippen LogP contribution < -0.4 is 15.4 Å². The Hall–Kier alpha value is -2.17. The number of ether oxygens (including phenoxy) is 1. The van der Waals surface area contributed by atoms with Gasteiger partial charge >= 0.3 is 0 Å². The number of anilines is 1. The predicted octanol–water partition coefficient (Wildman–Crippen LogP) is 1.72. The zero-order valence-electron chi connectivity index (χ0n) is 19.4. The second-order valence-electron chi connectivity index (χ2n) is 9.26. The first-order chi connectivity index (χ1) is 15.8. The number of amides is 2. The highest BCUT2D eigenvalue weighted by atomic mass is 32.2. The molecule has 3 aliphatic heterocycles. The highest BCUT2D eigenvalue weighted by molar-refractivity contribution is 7.89. The maximum atomic E-state index is 13.5. The van der Waals surface area contributed by atoms with Crippen molar-refractivity contribution in [3.05, 3.63) is 17.7 Å². The van der Waals surface area contributed by atoms with Gasteiger partial charge in [-0.1, -0.05) is 0 Å². The lowest BCUT2D eigenvalue weighted by atomic mass is 9.99. The summed E-state index contributed by atoms with van der Waals surface area (Å²) in [6.45, 7) is 7.76. The van der Waals surface area contributed by atoms with E-state index >= 15 is 0 Å². The van der Waals surface area contributed by atoms with Crippen LogP contribution in [0.5, 0.6) is 5.75 Å². The van der Waals surface area contributed by atoms with Crippen LogP contribution in [0.2, 0.25) is 0 Å². The Labute approximate surface area is 195 Å². The van der Waals surface area contributed by atoms with E-state index < -0.39 is 16.1 Å². The van der Waals surface area contributed by atoms with Crippen molar-refractivity contribution in [2.45, 2.75) is 57.0 Å². The summed E-state index contributed by atoms with van der Waals surface area (Å²) in [5, 5.41) is 5.75. The van der Waals surface area contributed by atoms with E-state index in [9.17, 15) is 18.0 Å². The first-order valence-corrected chi connectivity index (χ1v) is 13.3. The Morgan fingerprint density at radius 2 is 1.97 bits per heavy atom. The van der Waals surface area contributed by atoms with Crippen molar-refractivity contribution in [1.82, 2.24) is 14.5 Å². The molecular weight excluding hydrogens is 444 g/mol. The molecule has 9 nitrogen and oxygen atoms in total. The quantitative estimate of drug-likeness (QED) is 0.578. The molecule has 0 aromatic heterocycles. The van der Waals surface area contributed by atoms with Crippen LogP contribution in [-0.4, -0.2) is 74.8 Å². The Kier molecular flexibility index (Phi) is 7.25. The van der Waals surface area contributed by atoms with Gasteiger partial charge in [-0.15, -0.1) is 0 Å². The number of rotatable bonds is 7. The number of nitrogens with one attached hydrogen (secondary N) is 2. The predicted molar refractivity (Wildman–Crippen MR) is 125 cm³/mol. The second kappa shape index (κ2) is 9.99. The lowest BCUT2D eigenvalue weighted by Gasteiger charge is -2.32. The van der Waals surface area contributed by atoms with Gasteiger partial charge in [0.25, 0.3) is 5.91 Å². The number of carbonyl (C=O) groups is 2. The van der Waals surface area contributed by atoms with Crippen molar-refractivity contribution in [1.29, 1.82) is 0 Å². The number of benzene rings is 1. The first kappa shape index (κ1) is 24.0. The van der Waals surface area contributed by atoms with E-state index in [-0.39, 0.29) is 29.2 Å². The van der Waals surface area contributed by atoms with E-state index in [4.69, 9.17) is 4.74 Å². The number of piperidine rings is 1. The van der Waals surface area contributed by atoms with E-state index in [1.165, 1.54) is 23.2 Å². The van der Waals surface area contributed by atoms with Crippen molar-refractivity contribution in [2.75, 3.05) is 44.6 Å². The van der Waals surface area contributed by atoms with Gasteiger partial charge in [0.05, 0.1) is 16.5 Å². The monoisotopic (exact) mass is 478 g/mol. The third-order valence-electron chi connectivity index (χ3n) is 6.73. The minimum Gasteiger partial charge on any atom is -0.479 e. The van der Waals surface area contributed by atoms with Gasteiger partial charge in [0.1, 0.15) is 5.75 Å². The fourth-order valence-corrected chi connectivity index (χ4v) is 6.55. The van der Waals surface area contributed by atoms with Crippen LogP contribution in [0.1, 0.15) is 44.6 Å². The molecule has 0 aliphatic carbocycles. The maximum absolute atomic E-state index is 13.5. The molecule has 1 aromatic carbocycles. The third-order valence-corrected chi connectivity index (χ3v) is 8.74. The molecule has 0 saturated carbocycles. The topological polar surface area (TPSA) is 108 Å². The van der Waals surface area contributed by atoms with Crippen LogP contribution in [-0.2, 0) is 19.6 Å². The number of fused-ring (bicyclic) bond motifs is 1. The summed E-state index contributed by atoms with van der Waals surface area (Å²) in [4.78, 5) is 27.1. The molecule has 2 amide bonds. The van der Waals surface area contributed by atoms with Crippen LogP contribution in [0.15, 0.2) is 17.0 Å². The maximum Gasteiger partial charge on any atom is 0.265 e. The van der Waals surface area contributed by atoms with Crippen LogP contribution in [0.4, 0.5) is 5.69 Å².